The summed E-state index contributed by atoms with van der Waals surface area (Å²) < 4.78 is 0. The van der Waals surface area contributed by atoms with Gasteiger partial charge in [0, 0.05) is 12.1 Å². The van der Waals surface area contributed by atoms with E-state index in [4.69, 9.17) is 5.73 Å². The van der Waals surface area contributed by atoms with E-state index in [0.29, 0.717) is 0 Å². The lowest BCUT2D eigenvalue weighted by Crippen LogP contribution is -2.77. The van der Waals surface area contributed by atoms with E-state index in [9.17, 15) is 0 Å². The lowest BCUT2D eigenvalue weighted by molar-refractivity contribution is -0.466. The first-order valence-corrected chi connectivity index (χ1v) is 5.52. The Morgan fingerprint density at radius 1 is 1.20 bits per heavy atom. The predicted octanol–water partition coefficient (Wildman–Crippen LogP) is 0.0214. The van der Waals surface area contributed by atoms with Crippen LogP contribution in [0.2, 0.25) is 0 Å². The van der Waals surface area contributed by atoms with Crippen LogP contribution < -0.4 is 16.0 Å². The number of hydrogen-bond donors (Lipinski definition) is 3. The summed E-state index contributed by atoms with van der Waals surface area (Å²) in [5.74, 6) is 1.28. The molecule has 0 amide bonds. The zero-order valence-corrected chi connectivity index (χ0v) is 8.92. The van der Waals surface area contributed by atoms with Crippen molar-refractivity contribution >= 4 is 11.5 Å². The van der Waals surface area contributed by atoms with Gasteiger partial charge in [-0.25, -0.2) is 0 Å². The summed E-state index contributed by atoms with van der Waals surface area (Å²) in [6.07, 6.45) is 3.72. The highest BCUT2D eigenvalue weighted by Crippen LogP contribution is 2.05. The molecule has 0 atom stereocenters. The monoisotopic (exact) mass is 204 g/mol. The number of nitrogen functional groups attached to an aromatic ring is 1. The molecule has 0 aliphatic carbocycles. The van der Waals surface area contributed by atoms with E-state index in [1.807, 2.05) is 12.1 Å². The average molecular weight is 204 g/mol. The second-order valence-corrected chi connectivity index (χ2v) is 3.96. The van der Waals surface area contributed by atoms with Crippen LogP contribution in [0.15, 0.2) is 24.3 Å². The highest BCUT2D eigenvalue weighted by Gasteiger charge is 2.09. The predicted molar refractivity (Wildman–Crippen MR) is 62.4 cm³/mol. The van der Waals surface area contributed by atoms with Crippen molar-refractivity contribution in [1.29, 1.82) is 0 Å². The third-order valence-electron chi connectivity index (χ3n) is 2.68. The van der Waals surface area contributed by atoms with Crippen LogP contribution in [0.3, 0.4) is 0 Å². The molecule has 4 N–H and O–H groups in total. The van der Waals surface area contributed by atoms with Crippen molar-refractivity contribution < 1.29 is 4.99 Å². The molecule has 0 fully saturated rings. The molecular formula is C12H18N3+. The van der Waals surface area contributed by atoms with Crippen LogP contribution in [-0.4, -0.2) is 12.4 Å². The molecule has 0 saturated carbocycles. The molecule has 2 rings (SSSR count). The molecule has 1 heterocycles. The molecule has 0 unspecified atom stereocenters. The Hall–Kier alpha value is -1.51. The van der Waals surface area contributed by atoms with E-state index >= 15 is 0 Å². The fourth-order valence-electron chi connectivity index (χ4n) is 1.75. The highest BCUT2D eigenvalue weighted by molar-refractivity contribution is 5.76. The van der Waals surface area contributed by atoms with Crippen molar-refractivity contribution in [2.24, 2.45) is 0 Å². The topological polar surface area (TPSA) is 52.0 Å². The first-order valence-electron chi connectivity index (χ1n) is 5.52. The summed E-state index contributed by atoms with van der Waals surface area (Å²) in [6, 6.07) is 8.00. The molecule has 0 bridgehead atoms. The Morgan fingerprint density at radius 2 is 2.00 bits per heavy atom. The maximum Gasteiger partial charge on any atom is 0.242 e. The summed E-state index contributed by atoms with van der Waals surface area (Å²) in [7, 11) is 0. The Labute approximate surface area is 90.4 Å². The van der Waals surface area contributed by atoms with Gasteiger partial charge in [-0.1, -0.05) is 12.1 Å². The molecule has 80 valence electrons. The van der Waals surface area contributed by atoms with Crippen LogP contribution in [0.4, 0.5) is 5.69 Å². The molecular weight excluding hydrogens is 186 g/mol. The van der Waals surface area contributed by atoms with Gasteiger partial charge in [0.2, 0.25) is 5.84 Å². The van der Waals surface area contributed by atoms with Gasteiger partial charge < -0.3 is 5.73 Å². The Balaban J connectivity index is 1.87. The minimum Gasteiger partial charge on any atom is -0.399 e. The van der Waals surface area contributed by atoms with Crippen LogP contribution in [0.1, 0.15) is 24.8 Å². The highest BCUT2D eigenvalue weighted by atomic mass is 15.0. The summed E-state index contributed by atoms with van der Waals surface area (Å²) in [5.41, 5.74) is 7.72. The molecule has 3 heteroatoms. The van der Waals surface area contributed by atoms with E-state index in [1.165, 1.54) is 24.2 Å². The van der Waals surface area contributed by atoms with Gasteiger partial charge in [0.05, 0.1) is 6.54 Å². The van der Waals surface area contributed by atoms with Gasteiger partial charge in [0.15, 0.2) is 0 Å². The SMILES string of the molecule is Nc1ccc(CNC2=[NH+]CCCC2)cc1. The molecule has 3 nitrogen and oxygen atoms in total. The molecule has 1 aliphatic rings. The molecule has 0 saturated heterocycles. The first kappa shape index (κ1) is 10.0. The largest absolute Gasteiger partial charge is 0.399 e. The maximum atomic E-state index is 5.63. The van der Waals surface area contributed by atoms with E-state index in [1.54, 1.807) is 0 Å². The van der Waals surface area contributed by atoms with E-state index < -0.39 is 0 Å². The van der Waals surface area contributed by atoms with Crippen molar-refractivity contribution in [1.82, 2.24) is 5.32 Å². The zero-order chi connectivity index (χ0) is 10.5. The molecule has 1 aliphatic heterocycles. The standard InChI is InChI=1S/C12H17N3/c13-11-6-4-10(5-7-11)9-15-12-3-1-2-8-14-12/h4-7H,1-3,8-9,13H2,(H,14,15)/p+1. The van der Waals surface area contributed by atoms with Crippen LogP contribution >= 0.6 is 0 Å². The molecule has 1 aromatic rings. The minimum atomic E-state index is 0.821. The van der Waals surface area contributed by atoms with Crippen molar-refractivity contribution in [2.45, 2.75) is 25.8 Å². The minimum absolute atomic E-state index is 0.821. The Kier molecular flexibility index (Phi) is 3.22. The second-order valence-electron chi connectivity index (χ2n) is 3.96. The van der Waals surface area contributed by atoms with Crippen molar-refractivity contribution in [3.8, 4) is 0 Å². The normalized spacial score (nSPS) is 15.9. The Bertz CT molecular complexity index is 340. The number of rotatable bonds is 2. The van der Waals surface area contributed by atoms with Gasteiger partial charge in [0.1, 0.15) is 6.54 Å². The number of nitrogens with two attached hydrogens (primary N) is 1. The van der Waals surface area contributed by atoms with Crippen LogP contribution in [0.25, 0.3) is 0 Å². The first-order chi connectivity index (χ1) is 7.34. The van der Waals surface area contributed by atoms with Crippen molar-refractivity contribution in [2.75, 3.05) is 12.3 Å². The van der Waals surface area contributed by atoms with Crippen molar-refractivity contribution in [3.63, 3.8) is 0 Å². The number of benzene rings is 1. The van der Waals surface area contributed by atoms with Crippen LogP contribution in [0.5, 0.6) is 0 Å². The Morgan fingerprint density at radius 3 is 2.67 bits per heavy atom. The molecule has 1 aromatic carbocycles. The van der Waals surface area contributed by atoms with Gasteiger partial charge in [-0.3, -0.25) is 10.3 Å². The number of amidine groups is 1. The van der Waals surface area contributed by atoms with E-state index in [-0.39, 0.29) is 0 Å². The van der Waals surface area contributed by atoms with Gasteiger partial charge >= 0.3 is 0 Å². The van der Waals surface area contributed by atoms with Gasteiger partial charge in [-0.2, -0.15) is 0 Å². The molecule has 0 spiro atoms. The third kappa shape index (κ3) is 2.98. The van der Waals surface area contributed by atoms with E-state index in [2.05, 4.69) is 22.4 Å². The van der Waals surface area contributed by atoms with Gasteiger partial charge in [0.25, 0.3) is 0 Å². The van der Waals surface area contributed by atoms with Crippen LogP contribution in [0, 0.1) is 0 Å². The smallest absolute Gasteiger partial charge is 0.242 e. The third-order valence-corrected chi connectivity index (χ3v) is 2.68. The number of nitrogens with one attached hydrogen (secondary N) is 2. The number of anilines is 1. The summed E-state index contributed by atoms with van der Waals surface area (Å²) >= 11 is 0. The fraction of sp³-hybridized carbons (Fsp3) is 0.417. The summed E-state index contributed by atoms with van der Waals surface area (Å²) in [5, 5.41) is 3.42. The van der Waals surface area contributed by atoms with Gasteiger partial charge in [-0.15, -0.1) is 0 Å². The summed E-state index contributed by atoms with van der Waals surface area (Å²) in [6.45, 7) is 1.98. The van der Waals surface area contributed by atoms with E-state index in [0.717, 1.165) is 25.2 Å². The fourth-order valence-corrected chi connectivity index (χ4v) is 1.75. The molecule has 15 heavy (non-hydrogen) atoms. The maximum absolute atomic E-state index is 5.63. The molecule has 0 radical (unpaired) electrons. The second kappa shape index (κ2) is 4.82. The number of hydrogen-bond acceptors (Lipinski definition) is 2. The molecule has 0 aromatic heterocycles. The van der Waals surface area contributed by atoms with Crippen LogP contribution in [-0.2, 0) is 6.54 Å². The average Bonchev–Trinajstić information content (AvgIpc) is 2.30. The quantitative estimate of drug-likeness (QED) is 0.595. The van der Waals surface area contributed by atoms with Gasteiger partial charge in [-0.05, 0) is 30.5 Å². The zero-order valence-electron chi connectivity index (χ0n) is 8.92. The summed E-state index contributed by atoms with van der Waals surface area (Å²) in [4.78, 5) is 3.38. The lowest BCUT2D eigenvalue weighted by atomic mass is 10.1. The lowest BCUT2D eigenvalue weighted by Gasteiger charge is -2.08. The van der Waals surface area contributed by atoms with Crippen molar-refractivity contribution in [3.05, 3.63) is 29.8 Å².